The highest BCUT2D eigenvalue weighted by molar-refractivity contribution is 5.47. The topological polar surface area (TPSA) is 43.8 Å². The Bertz CT molecular complexity index is 640. The van der Waals surface area contributed by atoms with E-state index in [0.717, 1.165) is 22.2 Å². The molecule has 1 heterocycles. The Morgan fingerprint density at radius 1 is 1.14 bits per heavy atom. The van der Waals surface area contributed by atoms with Crippen molar-refractivity contribution < 1.29 is 13.2 Å². The van der Waals surface area contributed by atoms with E-state index in [0.29, 0.717) is 0 Å². The van der Waals surface area contributed by atoms with Crippen molar-refractivity contribution in [1.82, 2.24) is 9.78 Å². The fraction of sp³-hybridized carbons (Fsp3) is 0.438. The Kier molecular flexibility index (Phi) is 4.49. The minimum Gasteiger partial charge on any atom is -0.382 e. The predicted octanol–water partition coefficient (Wildman–Crippen LogP) is 4.22. The maximum absolute atomic E-state index is 13.4. The molecule has 1 aromatic heterocycles. The number of halogens is 3. The molecule has 0 atom stereocenters. The minimum absolute atomic E-state index is 0.0467. The Balaban J connectivity index is 2.45. The molecule has 0 unspecified atom stereocenters. The first-order chi connectivity index (χ1) is 10.2. The van der Waals surface area contributed by atoms with Crippen LogP contribution < -0.4 is 5.73 Å². The third-order valence-corrected chi connectivity index (χ3v) is 3.61. The highest BCUT2D eigenvalue weighted by Crippen LogP contribution is 2.37. The molecule has 2 aromatic rings. The first-order valence-electron chi connectivity index (χ1n) is 7.25. The number of hydrogen-bond acceptors (Lipinski definition) is 2. The zero-order valence-electron chi connectivity index (χ0n) is 12.9. The van der Waals surface area contributed by atoms with Gasteiger partial charge >= 0.3 is 6.18 Å². The number of benzene rings is 1. The van der Waals surface area contributed by atoms with Crippen molar-refractivity contribution in [2.45, 2.75) is 45.8 Å². The third kappa shape index (κ3) is 3.26. The number of rotatable bonds is 4. The number of alkyl halides is 3. The second kappa shape index (κ2) is 6.02. The van der Waals surface area contributed by atoms with Crippen molar-refractivity contribution in [3.8, 4) is 0 Å². The van der Waals surface area contributed by atoms with Crippen molar-refractivity contribution in [2.75, 3.05) is 5.73 Å². The van der Waals surface area contributed by atoms with Gasteiger partial charge in [0, 0.05) is 18.0 Å². The summed E-state index contributed by atoms with van der Waals surface area (Å²) < 4.78 is 41.1. The zero-order valence-corrected chi connectivity index (χ0v) is 12.9. The lowest BCUT2D eigenvalue weighted by Gasteiger charge is -2.15. The average Bonchev–Trinajstić information content (AvgIpc) is 2.77. The van der Waals surface area contributed by atoms with E-state index in [4.69, 9.17) is 5.73 Å². The molecule has 0 fully saturated rings. The molecule has 3 nitrogen and oxygen atoms in total. The Morgan fingerprint density at radius 3 is 2.14 bits per heavy atom. The molecule has 0 spiro atoms. The summed E-state index contributed by atoms with van der Waals surface area (Å²) in [6.45, 7) is 5.34. The van der Waals surface area contributed by atoms with Gasteiger partial charge in [-0.1, -0.05) is 31.2 Å². The standard InChI is InChI=1S/C16H20F3N3/c1-4-11-5-7-12(8-6-11)9-13-14(16(17,18)19)22(10(2)3)21-15(13)20/h5-8,10H,4,9H2,1-3H3,(H2,20,21). The maximum atomic E-state index is 13.4. The van der Waals surface area contributed by atoms with Crippen molar-refractivity contribution in [3.63, 3.8) is 0 Å². The monoisotopic (exact) mass is 311 g/mol. The highest BCUT2D eigenvalue weighted by Gasteiger charge is 2.40. The van der Waals surface area contributed by atoms with Crippen LogP contribution in [0.4, 0.5) is 19.0 Å². The predicted molar refractivity (Wildman–Crippen MR) is 80.7 cm³/mol. The van der Waals surface area contributed by atoms with Crippen LogP contribution in [0.5, 0.6) is 0 Å². The van der Waals surface area contributed by atoms with Gasteiger partial charge in [0.15, 0.2) is 0 Å². The normalized spacial score (nSPS) is 12.1. The minimum atomic E-state index is -4.48. The lowest BCUT2D eigenvalue weighted by atomic mass is 10.0. The molecule has 1 aromatic carbocycles. The molecule has 120 valence electrons. The van der Waals surface area contributed by atoms with Gasteiger partial charge in [-0.2, -0.15) is 18.3 Å². The summed E-state index contributed by atoms with van der Waals surface area (Å²) in [5.74, 6) is -0.0550. The van der Waals surface area contributed by atoms with Crippen LogP contribution in [-0.4, -0.2) is 9.78 Å². The Morgan fingerprint density at radius 2 is 1.68 bits per heavy atom. The van der Waals surface area contributed by atoms with E-state index in [2.05, 4.69) is 5.10 Å². The molecule has 2 N–H and O–H groups in total. The highest BCUT2D eigenvalue weighted by atomic mass is 19.4. The van der Waals surface area contributed by atoms with Crippen LogP contribution in [0.2, 0.25) is 0 Å². The van der Waals surface area contributed by atoms with Crippen LogP contribution in [0.15, 0.2) is 24.3 Å². The Labute approximate surface area is 127 Å². The summed E-state index contributed by atoms with van der Waals surface area (Å²) in [7, 11) is 0. The van der Waals surface area contributed by atoms with Crippen molar-refractivity contribution in [2.24, 2.45) is 0 Å². The summed E-state index contributed by atoms with van der Waals surface area (Å²) in [5.41, 5.74) is 6.98. The number of nitrogens with zero attached hydrogens (tertiary/aromatic N) is 2. The molecule has 22 heavy (non-hydrogen) atoms. The molecule has 0 saturated carbocycles. The molecule has 0 saturated heterocycles. The van der Waals surface area contributed by atoms with Gasteiger partial charge < -0.3 is 5.73 Å². The number of aryl methyl sites for hydroxylation is 1. The lowest BCUT2D eigenvalue weighted by molar-refractivity contribution is -0.145. The summed E-state index contributed by atoms with van der Waals surface area (Å²) >= 11 is 0. The van der Waals surface area contributed by atoms with Crippen LogP contribution >= 0.6 is 0 Å². The van der Waals surface area contributed by atoms with Crippen molar-refractivity contribution in [3.05, 3.63) is 46.6 Å². The van der Waals surface area contributed by atoms with Crippen molar-refractivity contribution in [1.29, 1.82) is 0 Å². The second-order valence-electron chi connectivity index (χ2n) is 5.60. The first kappa shape index (κ1) is 16.4. The third-order valence-electron chi connectivity index (χ3n) is 3.61. The lowest BCUT2D eigenvalue weighted by Crippen LogP contribution is -2.18. The second-order valence-corrected chi connectivity index (χ2v) is 5.60. The number of nitrogens with two attached hydrogens (primary N) is 1. The SMILES string of the molecule is CCc1ccc(Cc2c(N)nn(C(C)C)c2C(F)(F)F)cc1. The van der Waals surface area contributed by atoms with Gasteiger partial charge in [0.05, 0.1) is 0 Å². The van der Waals surface area contributed by atoms with Gasteiger partial charge in [-0.25, -0.2) is 0 Å². The first-order valence-corrected chi connectivity index (χ1v) is 7.25. The summed E-state index contributed by atoms with van der Waals surface area (Å²) in [5, 5.41) is 3.88. The average molecular weight is 311 g/mol. The van der Waals surface area contributed by atoms with E-state index in [1.807, 2.05) is 31.2 Å². The van der Waals surface area contributed by atoms with Gasteiger partial charge in [0.2, 0.25) is 0 Å². The van der Waals surface area contributed by atoms with Gasteiger partial charge in [-0.05, 0) is 31.4 Å². The smallest absolute Gasteiger partial charge is 0.382 e. The number of hydrogen-bond donors (Lipinski definition) is 1. The van der Waals surface area contributed by atoms with E-state index in [-0.39, 0.29) is 17.8 Å². The zero-order chi connectivity index (χ0) is 16.5. The van der Waals surface area contributed by atoms with Crippen LogP contribution in [-0.2, 0) is 19.0 Å². The van der Waals surface area contributed by atoms with E-state index >= 15 is 0 Å². The molecule has 0 aliphatic heterocycles. The molecule has 0 aliphatic carbocycles. The molecule has 2 rings (SSSR count). The van der Waals surface area contributed by atoms with E-state index in [1.165, 1.54) is 0 Å². The van der Waals surface area contributed by atoms with Crippen molar-refractivity contribution >= 4 is 5.82 Å². The molecular weight excluding hydrogens is 291 g/mol. The number of nitrogen functional groups attached to an aromatic ring is 1. The fourth-order valence-corrected chi connectivity index (χ4v) is 2.43. The summed E-state index contributed by atoms with van der Waals surface area (Å²) in [4.78, 5) is 0. The van der Waals surface area contributed by atoms with Crippen LogP contribution in [0.3, 0.4) is 0 Å². The van der Waals surface area contributed by atoms with Crippen LogP contribution in [0.25, 0.3) is 0 Å². The molecule has 0 aliphatic rings. The fourth-order valence-electron chi connectivity index (χ4n) is 2.43. The summed E-state index contributed by atoms with van der Waals surface area (Å²) in [6, 6.07) is 7.11. The quantitative estimate of drug-likeness (QED) is 0.919. The van der Waals surface area contributed by atoms with Crippen LogP contribution in [0.1, 0.15) is 49.2 Å². The molecule has 6 heteroatoms. The number of anilines is 1. The summed E-state index contributed by atoms with van der Waals surface area (Å²) in [6.07, 6.45) is -3.47. The van der Waals surface area contributed by atoms with E-state index in [1.54, 1.807) is 13.8 Å². The largest absolute Gasteiger partial charge is 0.433 e. The maximum Gasteiger partial charge on any atom is 0.433 e. The molecular formula is C16H20F3N3. The molecule has 0 radical (unpaired) electrons. The van der Waals surface area contributed by atoms with Gasteiger partial charge in [0.1, 0.15) is 11.5 Å². The molecule has 0 amide bonds. The molecule has 0 bridgehead atoms. The van der Waals surface area contributed by atoms with E-state index in [9.17, 15) is 13.2 Å². The number of aromatic nitrogens is 2. The van der Waals surface area contributed by atoms with Crippen LogP contribution in [0, 0.1) is 0 Å². The van der Waals surface area contributed by atoms with Gasteiger partial charge in [0.25, 0.3) is 0 Å². The van der Waals surface area contributed by atoms with Gasteiger partial charge in [-0.15, -0.1) is 0 Å². The Hall–Kier alpha value is -1.98. The van der Waals surface area contributed by atoms with E-state index < -0.39 is 17.9 Å². The van der Waals surface area contributed by atoms with Gasteiger partial charge in [-0.3, -0.25) is 4.68 Å².